The molecule has 4 N–H and O–H groups in total. The molecular weight excluding hydrogens is 1150 g/mol. The molecule has 20 heteroatoms. The van der Waals surface area contributed by atoms with Crippen LogP contribution in [0.1, 0.15) is 242 Å². The first kappa shape index (κ1) is 82.7. The van der Waals surface area contributed by atoms with Crippen molar-refractivity contribution in [1.29, 1.82) is 0 Å². The number of piperazine rings is 1. The van der Waals surface area contributed by atoms with Gasteiger partial charge in [-0.05, 0) is 130 Å². The Morgan fingerprint density at radius 2 is 0.724 bits per heavy atom. The molecule has 0 amide bonds. The van der Waals surface area contributed by atoms with Gasteiger partial charge in [0.05, 0.1) is 49.8 Å². The third-order valence-corrected chi connectivity index (χ3v) is 18.8. The highest BCUT2D eigenvalue weighted by atomic mass is 33.1. The van der Waals surface area contributed by atoms with Crippen LogP contribution in [0.3, 0.4) is 0 Å². The van der Waals surface area contributed by atoms with Gasteiger partial charge < -0.3 is 44.1 Å². The van der Waals surface area contributed by atoms with Crippen molar-refractivity contribution in [3.8, 4) is 0 Å². The zero-order valence-electron chi connectivity index (χ0n) is 56.1. The predicted octanol–water partition coefficient (Wildman–Crippen LogP) is 11.2. The molecule has 1 fully saturated rings. The highest BCUT2D eigenvalue weighted by Crippen LogP contribution is 2.23. The zero-order valence-corrected chi connectivity index (χ0v) is 57.8. The van der Waals surface area contributed by atoms with Gasteiger partial charge in [0.2, 0.25) is 0 Å². The molecule has 0 aliphatic carbocycles. The van der Waals surface area contributed by atoms with Crippen molar-refractivity contribution in [3.63, 3.8) is 0 Å². The molecule has 512 valence electrons. The summed E-state index contributed by atoms with van der Waals surface area (Å²) in [5.74, 6) is 2.04. The molecule has 1 aliphatic rings. The van der Waals surface area contributed by atoms with Gasteiger partial charge in [-0.2, -0.15) is 0 Å². The monoisotopic (exact) mass is 1280 g/mol. The Kier molecular flexibility index (Phi) is 52.7. The summed E-state index contributed by atoms with van der Waals surface area (Å²) < 4.78 is 27.1. The van der Waals surface area contributed by atoms with Crippen LogP contribution in [0.25, 0.3) is 0 Å². The normalized spacial score (nSPS) is 14.8. The summed E-state index contributed by atoms with van der Waals surface area (Å²) in [5, 5.41) is 44.0. The summed E-state index contributed by atoms with van der Waals surface area (Å²) >= 11 is 0. The van der Waals surface area contributed by atoms with Gasteiger partial charge in [-0.1, -0.05) is 126 Å². The van der Waals surface area contributed by atoms with Gasteiger partial charge >= 0.3 is 29.8 Å². The second-order valence-corrected chi connectivity index (χ2v) is 27.8. The van der Waals surface area contributed by atoms with Crippen molar-refractivity contribution in [3.05, 3.63) is 0 Å². The molecule has 87 heavy (non-hydrogen) atoms. The molecule has 1 aliphatic heterocycles. The molecule has 0 aromatic carbocycles. The summed E-state index contributed by atoms with van der Waals surface area (Å²) in [7, 11) is 3.80. The van der Waals surface area contributed by atoms with Crippen LogP contribution in [0.15, 0.2) is 0 Å². The van der Waals surface area contributed by atoms with Crippen LogP contribution in [-0.2, 0) is 47.7 Å². The van der Waals surface area contributed by atoms with Gasteiger partial charge in [0.15, 0.2) is 0 Å². The van der Waals surface area contributed by atoms with Gasteiger partial charge in [0.1, 0.15) is 6.61 Å². The minimum Gasteiger partial charge on any atom is -0.465 e. The van der Waals surface area contributed by atoms with E-state index >= 15 is 0 Å². The van der Waals surface area contributed by atoms with E-state index in [1.165, 1.54) is 0 Å². The molecule has 4 unspecified atom stereocenters. The van der Waals surface area contributed by atoms with Gasteiger partial charge in [-0.3, -0.25) is 43.6 Å². The lowest BCUT2D eigenvalue weighted by Gasteiger charge is -2.34. The third kappa shape index (κ3) is 50.0. The lowest BCUT2D eigenvalue weighted by atomic mass is 10.0. The fourth-order valence-corrected chi connectivity index (χ4v) is 12.8. The average Bonchev–Trinajstić information content (AvgIpc) is 3.59. The highest BCUT2D eigenvalue weighted by molar-refractivity contribution is 8.76. The van der Waals surface area contributed by atoms with Crippen molar-refractivity contribution >= 4 is 51.4 Å². The maximum absolute atomic E-state index is 12.8. The Bertz CT molecular complexity index is 1610. The number of aliphatic hydroxyl groups is 4. The summed E-state index contributed by atoms with van der Waals surface area (Å²) in [6, 6.07) is 0. The van der Waals surface area contributed by atoms with E-state index in [9.17, 15) is 44.4 Å². The Labute approximate surface area is 536 Å². The lowest BCUT2D eigenvalue weighted by Crippen LogP contribution is -2.47. The summed E-state index contributed by atoms with van der Waals surface area (Å²) in [6.07, 6.45) is 19.0. The first-order chi connectivity index (χ1) is 41.8. The van der Waals surface area contributed by atoms with Crippen molar-refractivity contribution < 1.29 is 68.1 Å². The van der Waals surface area contributed by atoms with E-state index in [1.807, 2.05) is 49.3 Å². The van der Waals surface area contributed by atoms with E-state index in [0.29, 0.717) is 148 Å². The number of rotatable bonds is 59. The van der Waals surface area contributed by atoms with Crippen molar-refractivity contribution in [2.75, 3.05) is 110 Å². The van der Waals surface area contributed by atoms with E-state index in [0.717, 1.165) is 160 Å². The Morgan fingerprint density at radius 3 is 1.13 bits per heavy atom. The molecule has 4 atom stereocenters. The van der Waals surface area contributed by atoms with Crippen molar-refractivity contribution in [2.45, 2.75) is 278 Å². The summed E-state index contributed by atoms with van der Waals surface area (Å²) in [4.78, 5) is 70.2. The second-order valence-electron chi connectivity index (χ2n) is 25.1. The van der Waals surface area contributed by atoms with Crippen LogP contribution in [0.5, 0.6) is 0 Å². The number of hydrogen-bond acceptors (Lipinski definition) is 20. The molecule has 0 aromatic heterocycles. The largest absolute Gasteiger partial charge is 0.465 e. The molecule has 1 heterocycles. The van der Waals surface area contributed by atoms with Crippen LogP contribution < -0.4 is 0 Å². The van der Waals surface area contributed by atoms with E-state index in [2.05, 4.69) is 47.3 Å². The van der Waals surface area contributed by atoms with Gasteiger partial charge in [0, 0.05) is 109 Å². The summed E-state index contributed by atoms with van der Waals surface area (Å²) in [6.45, 7) is 26.0. The molecule has 18 nitrogen and oxygen atoms in total. The third-order valence-electron chi connectivity index (χ3n) is 16.3. The second kappa shape index (κ2) is 55.4. The number of ether oxygens (including phenoxy) is 5. The van der Waals surface area contributed by atoms with Crippen LogP contribution in [0.4, 0.5) is 0 Å². The number of carbonyl (C=O) groups excluding carboxylic acids is 5. The van der Waals surface area contributed by atoms with Crippen LogP contribution in [0.2, 0.25) is 0 Å². The number of nitrogens with zero attached hydrogens (tertiary/aromatic N) is 4. The zero-order chi connectivity index (χ0) is 64.3. The first-order valence-electron chi connectivity index (χ1n) is 34.6. The molecule has 0 bridgehead atoms. The first-order valence-corrected chi connectivity index (χ1v) is 37.1. The van der Waals surface area contributed by atoms with Crippen molar-refractivity contribution in [1.82, 2.24) is 19.6 Å². The van der Waals surface area contributed by atoms with E-state index in [4.69, 9.17) is 23.7 Å². The molecule has 0 radical (unpaired) electrons. The standard InChI is InChI=1S/C67H128N4O14S2/c1-9-57(10-2)53-82-64(77)33-19-15-13-17-29-59(72)49-70(50-60(73)30-18-14-16-20-34-65(78)83-54-58(11-3)12-4)38-26-25-35-63(76)81-46-44-68-40-42-69(43-41-68)45-48-87-86-47-28-27-39-71(51-61(74)31-21-23-36-66(79)84-55(5)6)52-62(75)32-22-24-37-67(80)85-56(7)8/h55-62,72-75H,9-54H2,1-8H3. The molecule has 0 spiro atoms. The van der Waals surface area contributed by atoms with Crippen LogP contribution >= 0.6 is 21.6 Å². The lowest BCUT2D eigenvalue weighted by molar-refractivity contribution is -0.148. The quantitative estimate of drug-likeness (QED) is 0.0192. The molecule has 0 saturated carbocycles. The van der Waals surface area contributed by atoms with Crippen LogP contribution in [-0.4, -0.2) is 216 Å². The number of hydrogen-bond donors (Lipinski definition) is 4. The van der Waals surface area contributed by atoms with Crippen LogP contribution in [0, 0.1) is 11.8 Å². The van der Waals surface area contributed by atoms with Crippen molar-refractivity contribution in [2.24, 2.45) is 11.8 Å². The Hall–Kier alpha value is -2.27. The molecule has 1 saturated heterocycles. The number of esters is 5. The maximum atomic E-state index is 12.8. The van der Waals surface area contributed by atoms with E-state index in [-0.39, 0.29) is 42.1 Å². The number of aliphatic hydroxyl groups excluding tert-OH is 4. The van der Waals surface area contributed by atoms with Gasteiger partial charge in [-0.15, -0.1) is 0 Å². The summed E-state index contributed by atoms with van der Waals surface area (Å²) in [5.41, 5.74) is 0. The predicted molar refractivity (Wildman–Crippen MR) is 354 cm³/mol. The minimum atomic E-state index is -0.552. The smallest absolute Gasteiger partial charge is 0.306 e. The topological polar surface area (TPSA) is 225 Å². The van der Waals surface area contributed by atoms with Gasteiger partial charge in [0.25, 0.3) is 0 Å². The van der Waals surface area contributed by atoms with Gasteiger partial charge in [-0.25, -0.2) is 0 Å². The number of carbonyl (C=O) groups is 5. The number of unbranched alkanes of at least 4 members (excludes halogenated alkanes) is 10. The molecule has 1 rings (SSSR count). The SMILES string of the molecule is CCC(CC)COC(=O)CCCCCCC(O)CN(CCCCC(=O)OCCN1CCN(CCSSCCCCN(CC(O)CCCCC(=O)OC(C)C)CC(O)CCCCC(=O)OC(C)C)CC1)CC(O)CCCCCCC(=O)OCC(CC)CC. The maximum Gasteiger partial charge on any atom is 0.306 e. The Balaban J connectivity index is 2.43. The molecule has 0 aromatic rings. The highest BCUT2D eigenvalue weighted by Gasteiger charge is 2.21. The molecular formula is C67H128N4O14S2. The fourth-order valence-electron chi connectivity index (χ4n) is 10.6. The average molecular weight is 1280 g/mol. The Morgan fingerprint density at radius 1 is 0.402 bits per heavy atom. The fraction of sp³-hybridized carbons (Fsp3) is 0.925. The van der Waals surface area contributed by atoms with E-state index < -0.39 is 24.4 Å². The van der Waals surface area contributed by atoms with E-state index in [1.54, 1.807) is 0 Å². The minimum absolute atomic E-state index is 0.127.